The van der Waals surface area contributed by atoms with Crippen molar-refractivity contribution in [1.82, 2.24) is 18.7 Å². The minimum absolute atomic E-state index is 0.0238. The van der Waals surface area contributed by atoms with Gasteiger partial charge in [-0.15, -0.1) is 0 Å². The fourth-order valence-electron chi connectivity index (χ4n) is 2.83. The Morgan fingerprint density at radius 2 is 1.96 bits per heavy atom. The van der Waals surface area contributed by atoms with Crippen LogP contribution in [0.2, 0.25) is 0 Å². The lowest BCUT2D eigenvalue weighted by atomic mass is 10.2. The summed E-state index contributed by atoms with van der Waals surface area (Å²) in [5, 5.41) is 2.98. The summed E-state index contributed by atoms with van der Waals surface area (Å²) in [6, 6.07) is 6.29. The monoisotopic (exact) mass is 373 g/mol. The number of hydrogen-bond acceptors (Lipinski definition) is 7. The van der Waals surface area contributed by atoms with Crippen molar-refractivity contribution >= 4 is 27.6 Å². The zero-order valence-electron chi connectivity index (χ0n) is 13.8. The Kier molecular flexibility index (Phi) is 3.76. The smallest absolute Gasteiger partial charge is 0.424 e. The summed E-state index contributed by atoms with van der Waals surface area (Å²) in [6.45, 7) is 0.0930. The van der Waals surface area contributed by atoms with Crippen molar-refractivity contribution in [3.05, 3.63) is 42.9 Å². The number of imidazole rings is 1. The van der Waals surface area contributed by atoms with E-state index in [1.165, 1.54) is 12.1 Å². The lowest BCUT2D eigenvalue weighted by Crippen LogP contribution is -2.31. The van der Waals surface area contributed by atoms with Gasteiger partial charge in [-0.2, -0.15) is 4.31 Å². The molecule has 0 spiro atoms. The number of nitrogens with one attached hydrogen (secondary N) is 1. The quantitative estimate of drug-likeness (QED) is 0.740. The van der Waals surface area contributed by atoms with Crippen molar-refractivity contribution in [3.63, 3.8) is 0 Å². The van der Waals surface area contributed by atoms with E-state index >= 15 is 0 Å². The molecule has 0 radical (unpaired) electrons. The normalized spacial score (nSPS) is 14.7. The molecule has 0 unspecified atom stereocenters. The van der Waals surface area contributed by atoms with Crippen LogP contribution in [0.1, 0.15) is 0 Å². The van der Waals surface area contributed by atoms with Crippen LogP contribution in [0.3, 0.4) is 0 Å². The first-order valence-electron chi connectivity index (χ1n) is 7.82. The Balaban J connectivity index is 1.72. The molecule has 1 aromatic carbocycles. The molecule has 10 heteroatoms. The van der Waals surface area contributed by atoms with Crippen LogP contribution in [0, 0.1) is 0 Å². The molecular weight excluding hydrogens is 358 g/mol. The Morgan fingerprint density at radius 1 is 1.19 bits per heavy atom. The minimum atomic E-state index is -3.91. The van der Waals surface area contributed by atoms with E-state index in [2.05, 4.69) is 15.3 Å². The SMILES string of the molecule is CNc1nccn2c(-c3ccc(S(=O)(=O)N4CCOC4=O)cc3)cnc12. The average Bonchev–Trinajstić information content (AvgIpc) is 3.28. The number of cyclic esters (lactones) is 1. The maximum Gasteiger partial charge on any atom is 0.424 e. The second-order valence-corrected chi connectivity index (χ2v) is 7.44. The van der Waals surface area contributed by atoms with Crippen LogP contribution >= 0.6 is 0 Å². The van der Waals surface area contributed by atoms with Gasteiger partial charge in [0.2, 0.25) is 0 Å². The van der Waals surface area contributed by atoms with E-state index < -0.39 is 16.1 Å². The Morgan fingerprint density at radius 3 is 2.62 bits per heavy atom. The zero-order chi connectivity index (χ0) is 18.3. The van der Waals surface area contributed by atoms with Crippen molar-refractivity contribution < 1.29 is 17.9 Å². The fourth-order valence-corrected chi connectivity index (χ4v) is 4.13. The molecule has 1 saturated heterocycles. The predicted molar refractivity (Wildman–Crippen MR) is 93.2 cm³/mol. The molecule has 9 nitrogen and oxygen atoms in total. The third-order valence-corrected chi connectivity index (χ3v) is 5.91. The van der Waals surface area contributed by atoms with Gasteiger partial charge in [0.1, 0.15) is 6.61 Å². The molecule has 1 amide bonds. The molecule has 134 valence electrons. The van der Waals surface area contributed by atoms with Gasteiger partial charge < -0.3 is 10.1 Å². The number of aromatic nitrogens is 3. The van der Waals surface area contributed by atoms with Crippen LogP contribution in [-0.4, -0.2) is 53.4 Å². The number of carbonyl (C=O) groups excluding carboxylic acids is 1. The Bertz CT molecular complexity index is 1090. The first-order chi connectivity index (χ1) is 12.5. The summed E-state index contributed by atoms with van der Waals surface area (Å²) in [6.07, 6.45) is 4.28. The van der Waals surface area contributed by atoms with Crippen LogP contribution in [0.5, 0.6) is 0 Å². The van der Waals surface area contributed by atoms with Gasteiger partial charge in [-0.1, -0.05) is 12.1 Å². The number of benzene rings is 1. The van der Waals surface area contributed by atoms with Gasteiger partial charge in [0, 0.05) is 25.0 Å². The molecule has 3 aromatic rings. The summed E-state index contributed by atoms with van der Waals surface area (Å²) in [7, 11) is -2.15. The lowest BCUT2D eigenvalue weighted by Gasteiger charge is -2.13. The van der Waals surface area contributed by atoms with Crippen LogP contribution in [0.25, 0.3) is 16.9 Å². The average molecular weight is 373 g/mol. The summed E-state index contributed by atoms with van der Waals surface area (Å²) in [4.78, 5) is 20.2. The molecule has 4 rings (SSSR count). The predicted octanol–water partition coefficient (Wildman–Crippen LogP) is 1.58. The van der Waals surface area contributed by atoms with Crippen LogP contribution in [0.15, 0.2) is 47.8 Å². The number of sulfonamides is 1. The number of fused-ring (bicyclic) bond motifs is 1. The molecule has 0 bridgehead atoms. The highest BCUT2D eigenvalue weighted by Crippen LogP contribution is 2.26. The molecule has 0 saturated carbocycles. The summed E-state index contributed by atoms with van der Waals surface area (Å²) < 4.78 is 32.4. The first-order valence-corrected chi connectivity index (χ1v) is 9.26. The van der Waals surface area contributed by atoms with Crippen LogP contribution in [-0.2, 0) is 14.8 Å². The third kappa shape index (κ3) is 2.46. The van der Waals surface area contributed by atoms with Gasteiger partial charge in [-0.25, -0.2) is 23.2 Å². The van der Waals surface area contributed by atoms with Crippen molar-refractivity contribution in [2.45, 2.75) is 4.90 Å². The highest BCUT2D eigenvalue weighted by Gasteiger charge is 2.34. The Hall–Kier alpha value is -3.14. The molecule has 0 aliphatic carbocycles. The van der Waals surface area contributed by atoms with Gasteiger partial charge in [-0.3, -0.25) is 4.40 Å². The number of ether oxygens (including phenoxy) is 1. The van der Waals surface area contributed by atoms with E-state index in [0.717, 1.165) is 15.6 Å². The largest absolute Gasteiger partial charge is 0.447 e. The summed E-state index contributed by atoms with van der Waals surface area (Å²) in [5.41, 5.74) is 2.25. The van der Waals surface area contributed by atoms with Gasteiger partial charge in [0.15, 0.2) is 11.5 Å². The van der Waals surface area contributed by atoms with E-state index in [0.29, 0.717) is 11.5 Å². The van der Waals surface area contributed by atoms with Crippen LogP contribution < -0.4 is 5.32 Å². The lowest BCUT2D eigenvalue weighted by molar-refractivity contribution is 0.170. The van der Waals surface area contributed by atoms with Gasteiger partial charge in [0.05, 0.1) is 23.3 Å². The van der Waals surface area contributed by atoms with Crippen molar-refractivity contribution in [2.75, 3.05) is 25.5 Å². The summed E-state index contributed by atoms with van der Waals surface area (Å²) in [5.74, 6) is 0.644. The number of amides is 1. The van der Waals surface area contributed by atoms with E-state index in [1.54, 1.807) is 37.8 Å². The number of anilines is 1. The van der Waals surface area contributed by atoms with E-state index in [9.17, 15) is 13.2 Å². The van der Waals surface area contributed by atoms with E-state index in [1.807, 2.05) is 4.40 Å². The molecule has 1 aliphatic rings. The van der Waals surface area contributed by atoms with E-state index in [-0.39, 0.29) is 18.0 Å². The maximum atomic E-state index is 12.5. The third-order valence-electron chi connectivity index (χ3n) is 4.13. The number of hydrogen-bond donors (Lipinski definition) is 1. The highest BCUT2D eigenvalue weighted by molar-refractivity contribution is 7.89. The molecule has 2 aromatic heterocycles. The highest BCUT2D eigenvalue weighted by atomic mass is 32.2. The molecule has 0 atom stereocenters. The number of carbonyl (C=O) groups is 1. The zero-order valence-corrected chi connectivity index (χ0v) is 14.6. The molecule has 26 heavy (non-hydrogen) atoms. The topological polar surface area (TPSA) is 106 Å². The molecule has 1 N–H and O–H groups in total. The molecule has 3 heterocycles. The van der Waals surface area contributed by atoms with Crippen molar-refractivity contribution in [2.24, 2.45) is 0 Å². The first kappa shape index (κ1) is 16.3. The van der Waals surface area contributed by atoms with E-state index in [4.69, 9.17) is 4.74 Å². The fraction of sp³-hybridized carbons (Fsp3) is 0.188. The Labute approximate surface area is 149 Å². The van der Waals surface area contributed by atoms with Gasteiger partial charge >= 0.3 is 6.09 Å². The molecule has 1 aliphatic heterocycles. The number of nitrogens with zero attached hydrogens (tertiary/aromatic N) is 4. The maximum absolute atomic E-state index is 12.5. The summed E-state index contributed by atoms with van der Waals surface area (Å²) >= 11 is 0. The standard InChI is InChI=1S/C16H15N5O4S/c1-17-14-15-19-10-13(20(15)7-6-18-14)11-2-4-12(5-3-11)26(23,24)21-8-9-25-16(21)22/h2-7,10H,8-9H2,1H3,(H,17,18). The van der Waals surface area contributed by atoms with Gasteiger partial charge in [-0.05, 0) is 12.1 Å². The molecular formula is C16H15N5O4S. The molecule has 1 fully saturated rings. The van der Waals surface area contributed by atoms with Crippen molar-refractivity contribution in [1.29, 1.82) is 0 Å². The second kappa shape index (κ2) is 5.99. The number of rotatable bonds is 4. The van der Waals surface area contributed by atoms with Gasteiger partial charge in [0.25, 0.3) is 10.0 Å². The second-order valence-electron chi connectivity index (χ2n) is 5.58. The van der Waals surface area contributed by atoms with Crippen molar-refractivity contribution in [3.8, 4) is 11.3 Å². The minimum Gasteiger partial charge on any atom is -0.447 e. The van der Waals surface area contributed by atoms with Crippen LogP contribution in [0.4, 0.5) is 10.6 Å².